The lowest BCUT2D eigenvalue weighted by Crippen LogP contribution is -2.44. The van der Waals surface area contributed by atoms with Gasteiger partial charge in [0, 0.05) is 50.7 Å². The Hall–Kier alpha value is -2.62. The highest BCUT2D eigenvalue weighted by molar-refractivity contribution is 7.92. The van der Waals surface area contributed by atoms with E-state index in [9.17, 15) is 13.2 Å². The van der Waals surface area contributed by atoms with Crippen LogP contribution in [-0.4, -0.2) is 59.8 Å². The summed E-state index contributed by atoms with van der Waals surface area (Å²) in [5.74, 6) is -0.229. The zero-order valence-corrected chi connectivity index (χ0v) is 20.9. The average Bonchev–Trinajstić information content (AvgIpc) is 3.34. The zero-order chi connectivity index (χ0) is 24.3. The molecule has 9 heteroatoms. The standard InChI is InChI=1S/C25H34N4O4S/c1-17-13-19(3)24(14-18(17)2)34(31,32)28-20-6-7-23(29-10-8-26-9-11-29)22(15-20)25(30)27-16-21-5-4-12-33-21/h6-7,13-15,21,26,28H,4-5,8-12,16H2,1-3H3,(H,27,30). The van der Waals surface area contributed by atoms with E-state index in [0.717, 1.165) is 62.4 Å². The fourth-order valence-electron chi connectivity index (χ4n) is 4.50. The SMILES string of the molecule is Cc1cc(C)c(S(=O)(=O)Nc2ccc(N3CCNCC3)c(C(=O)NCC3CCCO3)c2)cc1C. The highest BCUT2D eigenvalue weighted by Crippen LogP contribution is 2.28. The van der Waals surface area contributed by atoms with Crippen molar-refractivity contribution in [2.24, 2.45) is 0 Å². The molecule has 34 heavy (non-hydrogen) atoms. The smallest absolute Gasteiger partial charge is 0.262 e. The molecule has 2 aliphatic rings. The molecule has 2 aromatic rings. The number of hydrogen-bond donors (Lipinski definition) is 3. The fraction of sp³-hybridized carbons (Fsp3) is 0.480. The van der Waals surface area contributed by atoms with E-state index in [0.29, 0.717) is 23.4 Å². The van der Waals surface area contributed by atoms with Gasteiger partial charge in [-0.05, 0) is 74.6 Å². The molecule has 2 aromatic carbocycles. The summed E-state index contributed by atoms with van der Waals surface area (Å²) in [5, 5.41) is 6.30. The highest BCUT2D eigenvalue weighted by atomic mass is 32.2. The second-order valence-electron chi connectivity index (χ2n) is 9.12. The molecule has 3 N–H and O–H groups in total. The predicted octanol–water partition coefficient (Wildman–Crippen LogP) is 2.73. The highest BCUT2D eigenvalue weighted by Gasteiger charge is 2.23. The molecule has 0 spiro atoms. The summed E-state index contributed by atoms with van der Waals surface area (Å²) < 4.78 is 34.7. The lowest BCUT2D eigenvalue weighted by atomic mass is 10.1. The van der Waals surface area contributed by atoms with Gasteiger partial charge >= 0.3 is 0 Å². The third-order valence-electron chi connectivity index (χ3n) is 6.55. The number of aryl methyl sites for hydroxylation is 3. The molecule has 0 aromatic heterocycles. The Morgan fingerprint density at radius 1 is 1.09 bits per heavy atom. The Morgan fingerprint density at radius 3 is 2.53 bits per heavy atom. The second-order valence-corrected chi connectivity index (χ2v) is 10.8. The number of amides is 1. The number of sulfonamides is 1. The zero-order valence-electron chi connectivity index (χ0n) is 20.1. The van der Waals surface area contributed by atoms with Gasteiger partial charge < -0.3 is 20.3 Å². The first-order chi connectivity index (χ1) is 16.2. The summed E-state index contributed by atoms with van der Waals surface area (Å²) >= 11 is 0. The molecule has 2 saturated heterocycles. The van der Waals surface area contributed by atoms with Crippen LogP contribution in [-0.2, 0) is 14.8 Å². The van der Waals surface area contributed by atoms with Gasteiger partial charge in [0.1, 0.15) is 0 Å². The third kappa shape index (κ3) is 5.54. The molecule has 1 amide bonds. The van der Waals surface area contributed by atoms with Crippen LogP contribution < -0.4 is 20.3 Å². The van der Waals surface area contributed by atoms with E-state index in [1.807, 2.05) is 26.0 Å². The number of carbonyl (C=O) groups is 1. The van der Waals surface area contributed by atoms with Crippen LogP contribution in [0.5, 0.6) is 0 Å². The van der Waals surface area contributed by atoms with E-state index < -0.39 is 10.0 Å². The normalized spacial score (nSPS) is 18.7. The topological polar surface area (TPSA) is 99.8 Å². The Bertz CT molecular complexity index is 1150. The van der Waals surface area contributed by atoms with Crippen LogP contribution in [0.4, 0.5) is 11.4 Å². The number of carbonyl (C=O) groups excluding carboxylic acids is 1. The third-order valence-corrected chi connectivity index (χ3v) is 8.07. The summed E-state index contributed by atoms with van der Waals surface area (Å²) in [7, 11) is -3.81. The lowest BCUT2D eigenvalue weighted by Gasteiger charge is -2.31. The molecular weight excluding hydrogens is 452 g/mol. The number of anilines is 2. The lowest BCUT2D eigenvalue weighted by molar-refractivity contribution is 0.0858. The number of ether oxygens (including phenoxy) is 1. The molecule has 1 unspecified atom stereocenters. The van der Waals surface area contributed by atoms with Gasteiger partial charge in [-0.25, -0.2) is 8.42 Å². The first-order valence-electron chi connectivity index (χ1n) is 11.8. The fourth-order valence-corrected chi connectivity index (χ4v) is 5.87. The van der Waals surface area contributed by atoms with Gasteiger partial charge in [-0.15, -0.1) is 0 Å². The quantitative estimate of drug-likeness (QED) is 0.557. The van der Waals surface area contributed by atoms with Crippen molar-refractivity contribution in [3.8, 4) is 0 Å². The number of hydrogen-bond acceptors (Lipinski definition) is 6. The van der Waals surface area contributed by atoms with Gasteiger partial charge in [0.25, 0.3) is 15.9 Å². The van der Waals surface area contributed by atoms with Crippen LogP contribution in [0.15, 0.2) is 35.2 Å². The van der Waals surface area contributed by atoms with Crippen molar-refractivity contribution in [3.63, 3.8) is 0 Å². The van der Waals surface area contributed by atoms with E-state index in [4.69, 9.17) is 4.74 Å². The van der Waals surface area contributed by atoms with E-state index in [-0.39, 0.29) is 16.9 Å². The first kappa shape index (κ1) is 24.5. The Labute approximate surface area is 202 Å². The van der Waals surface area contributed by atoms with Crippen molar-refractivity contribution in [1.82, 2.24) is 10.6 Å². The molecule has 2 fully saturated rings. The van der Waals surface area contributed by atoms with Crippen molar-refractivity contribution in [1.29, 1.82) is 0 Å². The molecule has 184 valence electrons. The number of benzene rings is 2. The largest absolute Gasteiger partial charge is 0.376 e. The number of piperazine rings is 1. The molecule has 0 bridgehead atoms. The molecule has 2 heterocycles. The maximum atomic E-state index is 13.2. The second kappa shape index (κ2) is 10.3. The minimum absolute atomic E-state index is 0.0287. The average molecular weight is 487 g/mol. The van der Waals surface area contributed by atoms with Gasteiger partial charge in [0.2, 0.25) is 0 Å². The summed E-state index contributed by atoms with van der Waals surface area (Å²) in [6.07, 6.45) is 1.96. The molecular formula is C25H34N4O4S. The molecule has 0 aliphatic carbocycles. The minimum Gasteiger partial charge on any atom is -0.376 e. The molecule has 2 aliphatic heterocycles. The van der Waals surface area contributed by atoms with E-state index >= 15 is 0 Å². The number of nitrogens with one attached hydrogen (secondary N) is 3. The summed E-state index contributed by atoms with van der Waals surface area (Å²) in [5.41, 5.74) is 4.26. The molecule has 0 radical (unpaired) electrons. The van der Waals surface area contributed by atoms with Crippen LogP contribution in [0.3, 0.4) is 0 Å². The van der Waals surface area contributed by atoms with Crippen molar-refractivity contribution in [3.05, 3.63) is 52.6 Å². The van der Waals surface area contributed by atoms with Crippen molar-refractivity contribution in [2.45, 2.75) is 44.6 Å². The minimum atomic E-state index is -3.81. The molecule has 8 nitrogen and oxygen atoms in total. The van der Waals surface area contributed by atoms with E-state index in [1.54, 1.807) is 25.1 Å². The molecule has 4 rings (SSSR count). The van der Waals surface area contributed by atoms with Crippen LogP contribution >= 0.6 is 0 Å². The first-order valence-corrected chi connectivity index (χ1v) is 13.3. The molecule has 1 atom stereocenters. The van der Waals surface area contributed by atoms with E-state index in [2.05, 4.69) is 20.3 Å². The summed E-state index contributed by atoms with van der Waals surface area (Å²) in [6.45, 7) is 10.0. The van der Waals surface area contributed by atoms with Crippen LogP contribution in [0.1, 0.15) is 39.9 Å². The van der Waals surface area contributed by atoms with E-state index in [1.165, 1.54) is 0 Å². The number of nitrogens with zero attached hydrogens (tertiary/aromatic N) is 1. The predicted molar refractivity (Wildman–Crippen MR) is 134 cm³/mol. The van der Waals surface area contributed by atoms with Crippen molar-refractivity contribution in [2.75, 3.05) is 49.0 Å². The monoisotopic (exact) mass is 486 g/mol. The van der Waals surface area contributed by atoms with Crippen LogP contribution in [0.25, 0.3) is 0 Å². The van der Waals surface area contributed by atoms with Gasteiger partial charge in [0.05, 0.1) is 16.6 Å². The van der Waals surface area contributed by atoms with Crippen LogP contribution in [0.2, 0.25) is 0 Å². The van der Waals surface area contributed by atoms with Gasteiger partial charge in [-0.3, -0.25) is 9.52 Å². The van der Waals surface area contributed by atoms with Gasteiger partial charge in [0.15, 0.2) is 0 Å². The number of rotatable bonds is 7. The Kier molecular flexibility index (Phi) is 7.45. The maximum Gasteiger partial charge on any atom is 0.262 e. The maximum absolute atomic E-state index is 13.2. The van der Waals surface area contributed by atoms with Gasteiger partial charge in [-0.1, -0.05) is 6.07 Å². The van der Waals surface area contributed by atoms with Gasteiger partial charge in [-0.2, -0.15) is 0 Å². The Balaban J connectivity index is 1.62. The summed E-state index contributed by atoms with van der Waals surface area (Å²) in [6, 6.07) is 8.76. The molecule has 0 saturated carbocycles. The Morgan fingerprint density at radius 2 is 1.82 bits per heavy atom. The summed E-state index contributed by atoms with van der Waals surface area (Å²) in [4.78, 5) is 15.6. The van der Waals surface area contributed by atoms with Crippen LogP contribution in [0, 0.1) is 20.8 Å². The van der Waals surface area contributed by atoms with Crippen molar-refractivity contribution >= 4 is 27.3 Å². The van der Waals surface area contributed by atoms with Crippen molar-refractivity contribution < 1.29 is 17.9 Å².